The lowest BCUT2D eigenvalue weighted by molar-refractivity contribution is 0.487. The summed E-state index contributed by atoms with van der Waals surface area (Å²) >= 11 is 0. The van der Waals surface area contributed by atoms with Crippen LogP contribution in [0.25, 0.3) is 54.9 Å². The van der Waals surface area contributed by atoms with Gasteiger partial charge in [0.2, 0.25) is 0 Å². The van der Waals surface area contributed by atoms with Crippen LogP contribution in [-0.2, 0) is 0 Å². The van der Waals surface area contributed by atoms with E-state index in [0.717, 1.165) is 62.0 Å². The zero-order valence-electron chi connectivity index (χ0n) is 32.2. The summed E-state index contributed by atoms with van der Waals surface area (Å²) in [6.07, 6.45) is 0. The van der Waals surface area contributed by atoms with Crippen molar-refractivity contribution >= 4 is 55.7 Å². The summed E-state index contributed by atoms with van der Waals surface area (Å²) in [6.45, 7) is 0. The third kappa shape index (κ3) is 6.26. The van der Waals surface area contributed by atoms with Crippen molar-refractivity contribution in [2.45, 2.75) is 0 Å². The van der Waals surface area contributed by atoms with Crippen LogP contribution in [0.1, 0.15) is 0 Å². The van der Waals surface area contributed by atoms with Crippen LogP contribution in [0.2, 0.25) is 0 Å². The van der Waals surface area contributed by atoms with Crippen molar-refractivity contribution in [2.75, 3.05) is 9.80 Å². The zero-order chi connectivity index (χ0) is 39.1. The van der Waals surface area contributed by atoms with E-state index in [-0.39, 0.29) is 0 Å². The molecule has 10 aromatic carbocycles. The summed E-state index contributed by atoms with van der Waals surface area (Å²) in [5.41, 5.74) is 13.4. The highest BCUT2D eigenvalue weighted by Crippen LogP contribution is 2.51. The Morgan fingerprint density at radius 1 is 0.271 bits per heavy atom. The van der Waals surface area contributed by atoms with Crippen LogP contribution in [-0.4, -0.2) is 0 Å². The third-order valence-corrected chi connectivity index (χ3v) is 11.4. The fraction of sp³-hybridized carbons (Fsp3) is 0. The lowest BCUT2D eigenvalue weighted by Crippen LogP contribution is -2.11. The Kier molecular flexibility index (Phi) is 8.49. The molecule has 0 N–H and O–H groups in total. The number of fused-ring (bicyclic) bond motifs is 3. The first kappa shape index (κ1) is 34.4. The normalized spacial score (nSPS) is 11.5. The smallest absolute Gasteiger partial charge is 0.138 e. The van der Waals surface area contributed by atoms with Crippen LogP contribution < -0.4 is 14.5 Å². The minimum atomic E-state index is 0.828. The lowest BCUT2D eigenvalue weighted by Gasteiger charge is -2.30. The van der Waals surface area contributed by atoms with Gasteiger partial charge in [-0.1, -0.05) is 152 Å². The second-order valence-corrected chi connectivity index (χ2v) is 15.0. The molecular formula is C56H38N2O. The number of hydrogen-bond acceptors (Lipinski definition) is 3. The molecule has 1 aliphatic rings. The molecule has 0 aromatic heterocycles. The van der Waals surface area contributed by atoms with Crippen molar-refractivity contribution in [3.63, 3.8) is 0 Å². The minimum Gasteiger partial charge on any atom is -0.456 e. The number of hydrogen-bond donors (Lipinski definition) is 0. The topological polar surface area (TPSA) is 15.7 Å². The molecule has 0 fully saturated rings. The van der Waals surface area contributed by atoms with Gasteiger partial charge in [0.15, 0.2) is 0 Å². The molecule has 0 amide bonds. The first-order valence-corrected chi connectivity index (χ1v) is 20.1. The highest BCUT2D eigenvalue weighted by Gasteiger charge is 2.25. The molecule has 0 aliphatic carbocycles. The van der Waals surface area contributed by atoms with Gasteiger partial charge in [0, 0.05) is 51.5 Å². The summed E-state index contributed by atoms with van der Waals surface area (Å²) in [5.74, 6) is 1.66. The zero-order valence-corrected chi connectivity index (χ0v) is 32.2. The van der Waals surface area contributed by atoms with E-state index in [1.165, 1.54) is 38.6 Å². The fourth-order valence-electron chi connectivity index (χ4n) is 8.63. The van der Waals surface area contributed by atoms with Crippen LogP contribution >= 0.6 is 0 Å². The molecule has 278 valence electrons. The molecule has 10 aromatic rings. The molecule has 59 heavy (non-hydrogen) atoms. The first-order chi connectivity index (χ1) is 29.2. The second kappa shape index (κ2) is 14.6. The van der Waals surface area contributed by atoms with Crippen molar-refractivity contribution in [1.82, 2.24) is 0 Å². The third-order valence-electron chi connectivity index (χ3n) is 11.4. The Morgan fingerprint density at radius 2 is 0.763 bits per heavy atom. The second-order valence-electron chi connectivity index (χ2n) is 15.0. The van der Waals surface area contributed by atoms with Gasteiger partial charge in [-0.2, -0.15) is 0 Å². The van der Waals surface area contributed by atoms with E-state index in [1.54, 1.807) is 0 Å². The van der Waals surface area contributed by atoms with Gasteiger partial charge in [0.1, 0.15) is 11.5 Å². The summed E-state index contributed by atoms with van der Waals surface area (Å²) < 4.78 is 7.02. The predicted octanol–water partition coefficient (Wildman–Crippen LogP) is 16.0. The van der Waals surface area contributed by atoms with E-state index in [9.17, 15) is 0 Å². The number of anilines is 6. The summed E-state index contributed by atoms with van der Waals surface area (Å²) in [6, 6.07) is 82.1. The summed E-state index contributed by atoms with van der Waals surface area (Å²) in [4.78, 5) is 4.62. The molecule has 1 aliphatic heterocycles. The van der Waals surface area contributed by atoms with Crippen LogP contribution in [0.15, 0.2) is 231 Å². The van der Waals surface area contributed by atoms with Crippen molar-refractivity contribution in [2.24, 2.45) is 0 Å². The Hall–Kier alpha value is -7.88. The molecular weight excluding hydrogens is 717 g/mol. The molecule has 3 nitrogen and oxygen atoms in total. The van der Waals surface area contributed by atoms with Gasteiger partial charge in [-0.25, -0.2) is 0 Å². The van der Waals surface area contributed by atoms with Gasteiger partial charge >= 0.3 is 0 Å². The van der Waals surface area contributed by atoms with Gasteiger partial charge in [0.25, 0.3) is 0 Å². The summed E-state index contributed by atoms with van der Waals surface area (Å²) in [5, 5.41) is 4.72. The molecule has 1 heterocycles. The molecule has 0 unspecified atom stereocenters. The molecule has 0 radical (unpaired) electrons. The van der Waals surface area contributed by atoms with E-state index in [1.807, 2.05) is 0 Å². The highest BCUT2D eigenvalue weighted by molar-refractivity contribution is 6.07. The van der Waals surface area contributed by atoms with Crippen molar-refractivity contribution in [1.29, 1.82) is 0 Å². The maximum atomic E-state index is 7.02. The Labute approximate surface area is 344 Å². The molecule has 11 rings (SSSR count). The molecule has 0 saturated heterocycles. The van der Waals surface area contributed by atoms with Crippen LogP contribution in [0, 0.1) is 0 Å². The number of ether oxygens (including phenoxy) is 1. The number of rotatable bonds is 8. The van der Waals surface area contributed by atoms with Crippen LogP contribution in [0.3, 0.4) is 0 Å². The van der Waals surface area contributed by atoms with Crippen molar-refractivity contribution in [3.8, 4) is 44.9 Å². The summed E-state index contributed by atoms with van der Waals surface area (Å²) in [7, 11) is 0. The quantitative estimate of drug-likeness (QED) is 0.154. The van der Waals surface area contributed by atoms with Crippen molar-refractivity contribution < 1.29 is 4.74 Å². The van der Waals surface area contributed by atoms with Gasteiger partial charge in [-0.3, -0.25) is 0 Å². The average Bonchev–Trinajstić information content (AvgIpc) is 3.30. The Bertz CT molecular complexity index is 3060. The minimum absolute atomic E-state index is 0.828. The molecule has 0 bridgehead atoms. The SMILES string of the molecule is c1ccc(-c2ccc(N(c3ccc(-c4cccc5ccccc45)cc3)c3cc4c5c(cccc5c3)-c3ccc(N(c5ccccc5)c5ccccc5)cc3O4)cc2)cc1. The predicted molar refractivity (Wildman–Crippen MR) is 247 cm³/mol. The van der Waals surface area contributed by atoms with Gasteiger partial charge in [-0.15, -0.1) is 0 Å². The van der Waals surface area contributed by atoms with E-state index in [4.69, 9.17) is 4.74 Å². The van der Waals surface area contributed by atoms with Crippen molar-refractivity contribution in [3.05, 3.63) is 231 Å². The monoisotopic (exact) mass is 754 g/mol. The Morgan fingerprint density at radius 3 is 1.46 bits per heavy atom. The van der Waals surface area contributed by atoms with E-state index >= 15 is 0 Å². The maximum Gasteiger partial charge on any atom is 0.138 e. The Balaban J connectivity index is 1.03. The van der Waals surface area contributed by atoms with E-state index in [2.05, 4.69) is 240 Å². The first-order valence-electron chi connectivity index (χ1n) is 20.1. The average molecular weight is 755 g/mol. The highest BCUT2D eigenvalue weighted by atomic mass is 16.5. The van der Waals surface area contributed by atoms with Gasteiger partial charge in [-0.05, 0) is 111 Å². The standard InChI is InChI=1S/C56H38N2O/c1-4-14-39(15-5-1)40-26-30-46(31-27-40)58(47-32-28-42(29-33-47)51-24-12-17-41-16-10-11-23-50(41)51)49-36-43-18-13-25-53-52-35-34-48(37-54(52)59-55(38-49)56(43)53)57(44-19-6-2-7-20-44)45-21-8-3-9-22-45/h1-38H. The number of nitrogens with zero attached hydrogens (tertiary/aromatic N) is 2. The van der Waals surface area contributed by atoms with E-state index < -0.39 is 0 Å². The van der Waals surface area contributed by atoms with Crippen LogP contribution in [0.5, 0.6) is 11.5 Å². The lowest BCUT2D eigenvalue weighted by atomic mass is 9.93. The molecule has 0 saturated carbocycles. The number of para-hydroxylation sites is 2. The largest absolute Gasteiger partial charge is 0.456 e. The molecule has 0 spiro atoms. The van der Waals surface area contributed by atoms with Crippen LogP contribution in [0.4, 0.5) is 34.1 Å². The molecule has 0 atom stereocenters. The fourth-order valence-corrected chi connectivity index (χ4v) is 8.63. The van der Waals surface area contributed by atoms with E-state index in [0.29, 0.717) is 0 Å². The van der Waals surface area contributed by atoms with Gasteiger partial charge < -0.3 is 14.5 Å². The van der Waals surface area contributed by atoms with Gasteiger partial charge in [0.05, 0.1) is 5.69 Å². The number of benzene rings is 10. The molecule has 3 heteroatoms. The maximum absolute atomic E-state index is 7.02.